The molecule has 0 unspecified atom stereocenters. The van der Waals surface area contributed by atoms with Crippen LogP contribution in [0.2, 0.25) is 0 Å². The van der Waals surface area contributed by atoms with Gasteiger partial charge in [0.2, 0.25) is 0 Å². The van der Waals surface area contributed by atoms with Crippen LogP contribution in [0, 0.1) is 5.82 Å². The normalized spacial score (nSPS) is 16.4. The molecule has 92 valence electrons. The number of nitrogens with one attached hydrogen (secondary N) is 1. The lowest BCUT2D eigenvalue weighted by atomic mass is 10.3. The zero-order valence-corrected chi connectivity index (χ0v) is 11.0. The summed E-state index contributed by atoms with van der Waals surface area (Å²) in [5, 5.41) is 2.81. The largest absolute Gasteiger partial charge is 0.478 e. The van der Waals surface area contributed by atoms with Crippen molar-refractivity contribution in [1.29, 1.82) is 0 Å². The summed E-state index contributed by atoms with van der Waals surface area (Å²) in [6.07, 6.45) is 1.35. The first-order valence-electron chi connectivity index (χ1n) is 5.48. The Morgan fingerprint density at radius 3 is 2.88 bits per heavy atom. The summed E-state index contributed by atoms with van der Waals surface area (Å²) < 4.78 is 19.4. The molecule has 5 heteroatoms. The van der Waals surface area contributed by atoms with Crippen molar-refractivity contribution in [2.45, 2.75) is 31.9 Å². The smallest absolute Gasteiger partial charge is 0.260 e. The van der Waals surface area contributed by atoms with Gasteiger partial charge in [-0.2, -0.15) is 0 Å². The molecule has 1 atom stereocenters. The molecule has 1 amide bonds. The molecule has 0 heterocycles. The molecule has 17 heavy (non-hydrogen) atoms. The third-order valence-electron chi connectivity index (χ3n) is 2.49. The Labute approximate surface area is 107 Å². The second-order valence-corrected chi connectivity index (χ2v) is 5.03. The summed E-state index contributed by atoms with van der Waals surface area (Å²) in [6, 6.07) is 4.76. The minimum atomic E-state index is -0.689. The number of halogens is 2. The lowest BCUT2D eigenvalue weighted by molar-refractivity contribution is -0.127. The van der Waals surface area contributed by atoms with Crippen LogP contribution < -0.4 is 10.1 Å². The van der Waals surface area contributed by atoms with E-state index < -0.39 is 11.9 Å². The Morgan fingerprint density at radius 2 is 2.29 bits per heavy atom. The van der Waals surface area contributed by atoms with Gasteiger partial charge >= 0.3 is 0 Å². The van der Waals surface area contributed by atoms with Gasteiger partial charge in [-0.25, -0.2) is 4.39 Å². The van der Waals surface area contributed by atoms with Crippen molar-refractivity contribution < 1.29 is 13.9 Å². The first-order valence-corrected chi connectivity index (χ1v) is 6.27. The lowest BCUT2D eigenvalue weighted by Crippen LogP contribution is -2.37. The van der Waals surface area contributed by atoms with E-state index in [4.69, 9.17) is 4.74 Å². The topological polar surface area (TPSA) is 38.3 Å². The predicted molar refractivity (Wildman–Crippen MR) is 65.4 cm³/mol. The van der Waals surface area contributed by atoms with E-state index in [1.54, 1.807) is 13.0 Å². The number of ether oxygens (including phenoxy) is 1. The van der Waals surface area contributed by atoms with Gasteiger partial charge in [-0.05, 0) is 38.0 Å². The fraction of sp³-hybridized carbons (Fsp3) is 0.417. The quantitative estimate of drug-likeness (QED) is 0.928. The van der Waals surface area contributed by atoms with E-state index in [1.165, 1.54) is 12.1 Å². The van der Waals surface area contributed by atoms with Crippen molar-refractivity contribution >= 4 is 21.8 Å². The number of rotatable bonds is 4. The molecule has 1 aliphatic carbocycles. The molecule has 1 N–H and O–H groups in total. The highest BCUT2D eigenvalue weighted by molar-refractivity contribution is 9.10. The molecule has 0 bridgehead atoms. The van der Waals surface area contributed by atoms with Gasteiger partial charge in [0.1, 0.15) is 0 Å². The average Bonchev–Trinajstić information content (AvgIpc) is 3.06. The summed E-state index contributed by atoms with van der Waals surface area (Å²) >= 11 is 3.16. The molecule has 1 aromatic rings. The Morgan fingerprint density at radius 1 is 1.59 bits per heavy atom. The number of benzene rings is 1. The summed E-state index contributed by atoms with van der Waals surface area (Å²) in [4.78, 5) is 11.6. The highest BCUT2D eigenvalue weighted by Gasteiger charge is 2.26. The van der Waals surface area contributed by atoms with Crippen LogP contribution in [0.1, 0.15) is 19.8 Å². The maximum Gasteiger partial charge on any atom is 0.260 e. The molecule has 1 aliphatic rings. The SMILES string of the molecule is C[C@H](Oc1ccc(Br)cc1F)C(=O)NC1CC1. The van der Waals surface area contributed by atoms with Gasteiger partial charge in [-0.3, -0.25) is 4.79 Å². The number of hydrogen-bond acceptors (Lipinski definition) is 2. The monoisotopic (exact) mass is 301 g/mol. The lowest BCUT2D eigenvalue weighted by Gasteiger charge is -2.14. The van der Waals surface area contributed by atoms with E-state index in [1.807, 2.05) is 0 Å². The zero-order chi connectivity index (χ0) is 12.4. The van der Waals surface area contributed by atoms with E-state index in [-0.39, 0.29) is 17.7 Å². The standard InChI is InChI=1S/C12H13BrFNO2/c1-7(12(16)15-9-3-4-9)17-11-5-2-8(13)6-10(11)14/h2,5-7,9H,3-4H2,1H3,(H,15,16)/t7-/m0/s1. The Hall–Kier alpha value is -1.10. The first kappa shape index (κ1) is 12.4. The molecule has 1 fully saturated rings. The van der Waals surface area contributed by atoms with Gasteiger partial charge in [0.05, 0.1) is 0 Å². The second kappa shape index (κ2) is 5.04. The minimum absolute atomic E-state index is 0.0895. The van der Waals surface area contributed by atoms with Gasteiger partial charge in [0.15, 0.2) is 17.7 Å². The molecular formula is C12H13BrFNO2. The maximum atomic E-state index is 13.5. The van der Waals surface area contributed by atoms with Gasteiger partial charge in [0.25, 0.3) is 5.91 Å². The fourth-order valence-corrected chi connectivity index (χ4v) is 1.69. The molecule has 1 saturated carbocycles. The third kappa shape index (κ3) is 3.43. The van der Waals surface area contributed by atoms with Gasteiger partial charge in [-0.1, -0.05) is 15.9 Å². The highest BCUT2D eigenvalue weighted by atomic mass is 79.9. The molecule has 2 rings (SSSR count). The highest BCUT2D eigenvalue weighted by Crippen LogP contribution is 2.23. The Kier molecular flexibility index (Phi) is 3.66. The molecular weight excluding hydrogens is 289 g/mol. The minimum Gasteiger partial charge on any atom is -0.478 e. The fourth-order valence-electron chi connectivity index (χ4n) is 1.36. The molecule has 1 aromatic carbocycles. The zero-order valence-electron chi connectivity index (χ0n) is 9.37. The van der Waals surface area contributed by atoms with Crippen LogP contribution in [0.4, 0.5) is 4.39 Å². The molecule has 0 radical (unpaired) electrons. The van der Waals surface area contributed by atoms with Crippen molar-refractivity contribution in [2.24, 2.45) is 0 Å². The predicted octanol–water partition coefficient (Wildman–Crippen LogP) is 2.63. The summed E-state index contributed by atoms with van der Waals surface area (Å²) in [5.74, 6) is -0.591. The van der Waals surface area contributed by atoms with Gasteiger partial charge in [0, 0.05) is 10.5 Å². The number of carbonyl (C=O) groups is 1. The second-order valence-electron chi connectivity index (χ2n) is 4.12. The van der Waals surface area contributed by atoms with Crippen molar-refractivity contribution in [2.75, 3.05) is 0 Å². The number of hydrogen-bond donors (Lipinski definition) is 1. The van der Waals surface area contributed by atoms with Crippen LogP contribution in [-0.4, -0.2) is 18.1 Å². The van der Waals surface area contributed by atoms with Crippen LogP contribution in [0.5, 0.6) is 5.75 Å². The van der Waals surface area contributed by atoms with E-state index in [0.29, 0.717) is 4.47 Å². The van der Waals surface area contributed by atoms with Gasteiger partial charge in [-0.15, -0.1) is 0 Å². The van der Waals surface area contributed by atoms with Crippen LogP contribution in [-0.2, 0) is 4.79 Å². The van der Waals surface area contributed by atoms with E-state index in [2.05, 4.69) is 21.2 Å². The average molecular weight is 302 g/mol. The van der Waals surface area contributed by atoms with E-state index in [0.717, 1.165) is 12.8 Å². The summed E-state index contributed by atoms with van der Waals surface area (Å²) in [7, 11) is 0. The molecule has 0 aliphatic heterocycles. The summed E-state index contributed by atoms with van der Waals surface area (Å²) in [5.41, 5.74) is 0. The molecule has 0 saturated heterocycles. The molecule has 0 aromatic heterocycles. The third-order valence-corrected chi connectivity index (χ3v) is 2.98. The number of carbonyl (C=O) groups excluding carboxylic acids is 1. The molecule has 3 nitrogen and oxygen atoms in total. The van der Waals surface area contributed by atoms with Crippen molar-refractivity contribution in [3.8, 4) is 5.75 Å². The molecule has 0 spiro atoms. The number of amides is 1. The van der Waals surface area contributed by atoms with E-state index >= 15 is 0 Å². The van der Waals surface area contributed by atoms with Crippen LogP contribution in [0.3, 0.4) is 0 Å². The Bertz CT molecular complexity index is 435. The van der Waals surface area contributed by atoms with E-state index in [9.17, 15) is 9.18 Å². The van der Waals surface area contributed by atoms with Gasteiger partial charge < -0.3 is 10.1 Å². The van der Waals surface area contributed by atoms with Crippen molar-refractivity contribution in [1.82, 2.24) is 5.32 Å². The van der Waals surface area contributed by atoms with Crippen LogP contribution >= 0.6 is 15.9 Å². The maximum absolute atomic E-state index is 13.5. The van der Waals surface area contributed by atoms with Crippen LogP contribution in [0.25, 0.3) is 0 Å². The van der Waals surface area contributed by atoms with Crippen molar-refractivity contribution in [3.05, 3.63) is 28.5 Å². The summed E-state index contributed by atoms with van der Waals surface area (Å²) in [6.45, 7) is 1.61. The first-order chi connectivity index (χ1) is 8.06. The Balaban J connectivity index is 1.96. The van der Waals surface area contributed by atoms with Crippen LogP contribution in [0.15, 0.2) is 22.7 Å². The van der Waals surface area contributed by atoms with Crippen molar-refractivity contribution in [3.63, 3.8) is 0 Å².